The summed E-state index contributed by atoms with van der Waals surface area (Å²) < 4.78 is 23.9. The molecule has 0 radical (unpaired) electrons. The number of ether oxygens (including phenoxy) is 1. The molecule has 1 unspecified atom stereocenters. The van der Waals surface area contributed by atoms with Crippen LogP contribution in [-0.2, 0) is 26.3 Å². The largest absolute Gasteiger partial charge is 0.451 e. The van der Waals surface area contributed by atoms with Crippen LogP contribution >= 0.6 is 0 Å². The Bertz CT molecular complexity index is 1160. The molecule has 1 heterocycles. The van der Waals surface area contributed by atoms with Crippen LogP contribution in [0.1, 0.15) is 33.3 Å². The van der Waals surface area contributed by atoms with Gasteiger partial charge in [0.15, 0.2) is 6.10 Å². The summed E-state index contributed by atoms with van der Waals surface area (Å²) >= 11 is 0. The van der Waals surface area contributed by atoms with E-state index in [1.165, 1.54) is 31.2 Å². The van der Waals surface area contributed by atoms with Crippen LogP contribution in [0.25, 0.3) is 11.5 Å². The predicted molar refractivity (Wildman–Crippen MR) is 115 cm³/mol. The normalized spacial score (nSPS) is 12.3. The highest BCUT2D eigenvalue weighted by molar-refractivity contribution is 5.95. The molecular formula is C23H24FN3O5. The van der Waals surface area contributed by atoms with E-state index in [4.69, 9.17) is 9.15 Å². The Morgan fingerprint density at radius 3 is 2.34 bits per heavy atom. The standard InChI is InChI=1S/C23H24FN3O5/c1-14(20(29)25-18-11-7-16(8-12-18)23(2,3)4)31-19(28)13-27-22(30)32-21(26-27)15-5-9-17(24)10-6-15/h5-12,14H,13H2,1-4H3,(H,25,29). The van der Waals surface area contributed by atoms with Crippen LogP contribution in [0.4, 0.5) is 10.1 Å². The van der Waals surface area contributed by atoms with Crippen LogP contribution < -0.4 is 11.1 Å². The minimum atomic E-state index is -1.09. The molecule has 0 bridgehead atoms. The van der Waals surface area contributed by atoms with Gasteiger partial charge >= 0.3 is 11.7 Å². The second kappa shape index (κ2) is 9.17. The second-order valence-electron chi connectivity index (χ2n) is 8.29. The summed E-state index contributed by atoms with van der Waals surface area (Å²) in [6, 6.07) is 12.6. The van der Waals surface area contributed by atoms with Crippen molar-refractivity contribution in [2.75, 3.05) is 5.32 Å². The molecule has 3 rings (SSSR count). The van der Waals surface area contributed by atoms with Crippen molar-refractivity contribution in [1.29, 1.82) is 0 Å². The molecule has 2 aromatic carbocycles. The van der Waals surface area contributed by atoms with Gasteiger partial charge in [-0.25, -0.2) is 9.18 Å². The lowest BCUT2D eigenvalue weighted by Gasteiger charge is -2.19. The fourth-order valence-corrected chi connectivity index (χ4v) is 2.82. The fraction of sp³-hybridized carbons (Fsp3) is 0.304. The van der Waals surface area contributed by atoms with E-state index >= 15 is 0 Å². The molecule has 1 N–H and O–H groups in total. The third-order valence-corrected chi connectivity index (χ3v) is 4.67. The van der Waals surface area contributed by atoms with Crippen molar-refractivity contribution in [1.82, 2.24) is 9.78 Å². The lowest BCUT2D eigenvalue weighted by Crippen LogP contribution is -2.32. The Morgan fingerprint density at radius 2 is 1.75 bits per heavy atom. The molecular weight excluding hydrogens is 417 g/mol. The first-order chi connectivity index (χ1) is 15.0. The highest BCUT2D eigenvalue weighted by Gasteiger charge is 2.21. The Morgan fingerprint density at radius 1 is 1.12 bits per heavy atom. The number of nitrogens with zero attached hydrogens (tertiary/aromatic N) is 2. The topological polar surface area (TPSA) is 103 Å². The van der Waals surface area contributed by atoms with Crippen LogP contribution in [0, 0.1) is 5.82 Å². The summed E-state index contributed by atoms with van der Waals surface area (Å²) in [4.78, 5) is 36.5. The average Bonchev–Trinajstić information content (AvgIpc) is 3.08. The Kier molecular flexibility index (Phi) is 6.57. The number of aromatic nitrogens is 2. The van der Waals surface area contributed by atoms with E-state index in [9.17, 15) is 18.8 Å². The Labute approximate surface area is 184 Å². The Balaban J connectivity index is 1.58. The van der Waals surface area contributed by atoms with Gasteiger partial charge in [-0.05, 0) is 54.3 Å². The highest BCUT2D eigenvalue weighted by atomic mass is 19.1. The van der Waals surface area contributed by atoms with Crippen molar-refractivity contribution < 1.29 is 23.1 Å². The van der Waals surface area contributed by atoms with E-state index in [1.54, 1.807) is 12.1 Å². The summed E-state index contributed by atoms with van der Waals surface area (Å²) in [6.07, 6.45) is -1.09. The van der Waals surface area contributed by atoms with Crippen LogP contribution in [0.2, 0.25) is 0 Å². The first kappa shape index (κ1) is 22.9. The zero-order chi connectivity index (χ0) is 23.5. The first-order valence-electron chi connectivity index (χ1n) is 9.98. The van der Waals surface area contributed by atoms with E-state index in [-0.39, 0.29) is 11.3 Å². The minimum Gasteiger partial charge on any atom is -0.451 e. The van der Waals surface area contributed by atoms with E-state index in [1.807, 2.05) is 12.1 Å². The number of hydrogen-bond acceptors (Lipinski definition) is 6. The number of esters is 1. The summed E-state index contributed by atoms with van der Waals surface area (Å²) in [5.41, 5.74) is 2.05. The van der Waals surface area contributed by atoms with E-state index in [0.29, 0.717) is 11.3 Å². The first-order valence-corrected chi connectivity index (χ1v) is 9.98. The number of rotatable bonds is 6. The number of carbonyl (C=O) groups excluding carboxylic acids is 2. The average molecular weight is 441 g/mol. The van der Waals surface area contributed by atoms with Gasteiger partial charge in [0.1, 0.15) is 12.4 Å². The van der Waals surface area contributed by atoms with E-state index in [2.05, 4.69) is 31.2 Å². The van der Waals surface area contributed by atoms with Crippen molar-refractivity contribution >= 4 is 17.6 Å². The summed E-state index contributed by atoms with van der Waals surface area (Å²) in [5, 5.41) is 6.59. The minimum absolute atomic E-state index is 0.0128. The van der Waals surface area contributed by atoms with Crippen molar-refractivity contribution in [3.63, 3.8) is 0 Å². The smallest absolute Gasteiger partial charge is 0.437 e. The number of hydrogen-bond donors (Lipinski definition) is 1. The van der Waals surface area contributed by atoms with Crippen molar-refractivity contribution in [3.05, 3.63) is 70.5 Å². The molecule has 8 nitrogen and oxygen atoms in total. The van der Waals surface area contributed by atoms with Crippen LogP contribution in [0.5, 0.6) is 0 Å². The summed E-state index contributed by atoms with van der Waals surface area (Å²) in [7, 11) is 0. The van der Waals surface area contributed by atoms with Gasteiger partial charge in [0.25, 0.3) is 5.91 Å². The summed E-state index contributed by atoms with van der Waals surface area (Å²) in [6.45, 7) is 7.15. The molecule has 168 valence electrons. The fourth-order valence-electron chi connectivity index (χ4n) is 2.82. The molecule has 0 saturated carbocycles. The number of carbonyl (C=O) groups is 2. The number of benzene rings is 2. The third-order valence-electron chi connectivity index (χ3n) is 4.67. The van der Waals surface area contributed by atoms with Crippen LogP contribution in [-0.4, -0.2) is 27.8 Å². The Hall–Kier alpha value is -3.75. The molecule has 32 heavy (non-hydrogen) atoms. The lowest BCUT2D eigenvalue weighted by atomic mass is 9.87. The van der Waals surface area contributed by atoms with Crippen LogP contribution in [0.3, 0.4) is 0 Å². The molecule has 1 atom stereocenters. The monoisotopic (exact) mass is 441 g/mol. The molecule has 0 aliphatic rings. The molecule has 1 amide bonds. The van der Waals surface area contributed by atoms with Gasteiger partial charge in [-0.3, -0.25) is 9.59 Å². The molecule has 0 spiro atoms. The zero-order valence-corrected chi connectivity index (χ0v) is 18.2. The molecule has 0 fully saturated rings. The highest BCUT2D eigenvalue weighted by Crippen LogP contribution is 2.23. The van der Waals surface area contributed by atoms with Crippen LogP contribution in [0.15, 0.2) is 57.7 Å². The van der Waals surface area contributed by atoms with Gasteiger partial charge in [0, 0.05) is 11.3 Å². The van der Waals surface area contributed by atoms with Gasteiger partial charge < -0.3 is 14.5 Å². The quantitative estimate of drug-likeness (QED) is 0.587. The SMILES string of the molecule is CC(OC(=O)Cn1nc(-c2ccc(F)cc2)oc1=O)C(=O)Nc1ccc(C(C)(C)C)cc1. The molecule has 0 saturated heterocycles. The van der Waals surface area contributed by atoms with Crippen molar-refractivity contribution in [2.45, 2.75) is 45.8 Å². The molecule has 0 aliphatic carbocycles. The summed E-state index contributed by atoms with van der Waals surface area (Å²) in [5.74, 6) is -2.74. The van der Waals surface area contributed by atoms with Gasteiger partial charge in [-0.1, -0.05) is 32.9 Å². The number of nitrogens with one attached hydrogen (secondary N) is 1. The maximum absolute atomic E-state index is 13.0. The van der Waals surface area contributed by atoms with Gasteiger partial charge in [0.05, 0.1) is 0 Å². The molecule has 9 heteroatoms. The lowest BCUT2D eigenvalue weighted by molar-refractivity contribution is -0.154. The maximum atomic E-state index is 13.0. The number of anilines is 1. The predicted octanol–water partition coefficient (Wildman–Crippen LogP) is 3.51. The second-order valence-corrected chi connectivity index (χ2v) is 8.29. The zero-order valence-electron chi connectivity index (χ0n) is 18.2. The number of amides is 1. The van der Waals surface area contributed by atoms with Crippen molar-refractivity contribution in [2.24, 2.45) is 0 Å². The molecule has 3 aromatic rings. The number of halogens is 1. The van der Waals surface area contributed by atoms with Gasteiger partial charge in [-0.15, -0.1) is 5.10 Å². The van der Waals surface area contributed by atoms with E-state index < -0.39 is 36.1 Å². The molecule has 0 aliphatic heterocycles. The van der Waals surface area contributed by atoms with Crippen molar-refractivity contribution in [3.8, 4) is 11.5 Å². The maximum Gasteiger partial charge on any atom is 0.437 e. The van der Waals surface area contributed by atoms with Gasteiger partial charge in [-0.2, -0.15) is 4.68 Å². The van der Waals surface area contributed by atoms with E-state index in [0.717, 1.165) is 10.2 Å². The third kappa shape index (κ3) is 5.69. The molecule has 1 aromatic heterocycles. The van der Waals surface area contributed by atoms with Gasteiger partial charge in [0.2, 0.25) is 5.89 Å².